The van der Waals surface area contributed by atoms with Gasteiger partial charge in [-0.2, -0.15) is 9.82 Å². The van der Waals surface area contributed by atoms with E-state index in [-0.39, 0.29) is 10.9 Å². The van der Waals surface area contributed by atoms with E-state index in [1.165, 1.54) is 11.6 Å². The van der Waals surface area contributed by atoms with Crippen molar-refractivity contribution in [1.82, 2.24) is 19.8 Å². The fourth-order valence-electron chi connectivity index (χ4n) is 3.15. The highest BCUT2D eigenvalue weighted by Crippen LogP contribution is 2.25. The summed E-state index contributed by atoms with van der Waals surface area (Å²) in [4.78, 5) is 23.3. The zero-order valence-electron chi connectivity index (χ0n) is 14.7. The van der Waals surface area contributed by atoms with Gasteiger partial charge in [-0.3, -0.25) is 14.3 Å². The van der Waals surface area contributed by atoms with Crippen LogP contribution >= 0.6 is 0 Å². The zero-order valence-corrected chi connectivity index (χ0v) is 15.6. The molecule has 1 aliphatic rings. The molecule has 1 amide bonds. The van der Waals surface area contributed by atoms with Gasteiger partial charge in [0.05, 0.1) is 23.3 Å². The van der Waals surface area contributed by atoms with Crippen molar-refractivity contribution >= 4 is 21.9 Å². The molecule has 25 heavy (non-hydrogen) atoms. The number of aliphatic carboxylic acids is 1. The second-order valence-corrected chi connectivity index (χ2v) is 8.17. The molecule has 0 radical (unpaired) electrons. The Balaban J connectivity index is 2.02. The number of carboxylic acids is 1. The van der Waals surface area contributed by atoms with E-state index in [2.05, 4.69) is 15.1 Å². The van der Waals surface area contributed by atoms with Gasteiger partial charge in [-0.1, -0.05) is 0 Å². The number of aromatic nitrogens is 2. The molecule has 0 saturated heterocycles. The third kappa shape index (κ3) is 4.18. The molecule has 1 saturated carbocycles. The molecule has 9 nitrogen and oxygen atoms in total. The number of sulfonamides is 1. The number of hydrogen-bond donors (Lipinski definition) is 3. The quantitative estimate of drug-likeness (QED) is 0.648. The lowest BCUT2D eigenvalue weighted by atomic mass is 10.1. The summed E-state index contributed by atoms with van der Waals surface area (Å²) < 4.78 is 29.0. The van der Waals surface area contributed by atoms with Crippen LogP contribution in [0.2, 0.25) is 0 Å². The molecule has 0 spiro atoms. The maximum Gasteiger partial charge on any atom is 0.306 e. The first-order valence-electron chi connectivity index (χ1n) is 8.08. The lowest BCUT2D eigenvalue weighted by Crippen LogP contribution is -2.47. The number of amides is 1. The first-order chi connectivity index (χ1) is 11.5. The zero-order chi connectivity index (χ0) is 18.9. The second kappa shape index (κ2) is 7.12. The molecule has 1 fully saturated rings. The standard InChI is InChI=1S/C15H24N4O5S/c1-8-13(10(3)19(4)17-8)25(23,24)18-9(2)14(20)16-12-6-5-11(7-12)15(21)22/h9,11-12,18H,5-7H2,1-4H3,(H,16,20)(H,21,22)/t9?,11-,12+/m1/s1. The summed E-state index contributed by atoms with van der Waals surface area (Å²) in [5, 5.41) is 15.8. The van der Waals surface area contributed by atoms with Crippen LogP contribution in [0.4, 0.5) is 0 Å². The predicted octanol–water partition coefficient (Wildman–Crippen LogP) is 0.0732. The molecule has 0 bridgehead atoms. The number of nitrogens with zero attached hydrogens (tertiary/aromatic N) is 2. The third-order valence-corrected chi connectivity index (χ3v) is 6.36. The number of carboxylic acid groups (broad SMARTS) is 1. The van der Waals surface area contributed by atoms with Gasteiger partial charge in [0.25, 0.3) is 0 Å². The molecule has 2 rings (SSSR count). The van der Waals surface area contributed by atoms with Crippen LogP contribution in [0.5, 0.6) is 0 Å². The molecular weight excluding hydrogens is 348 g/mol. The molecule has 3 atom stereocenters. The van der Waals surface area contributed by atoms with Crippen molar-refractivity contribution in [3.05, 3.63) is 11.4 Å². The summed E-state index contributed by atoms with van der Waals surface area (Å²) in [5.74, 6) is -1.80. The molecule has 1 heterocycles. The van der Waals surface area contributed by atoms with Gasteiger partial charge >= 0.3 is 5.97 Å². The average molecular weight is 372 g/mol. The molecular formula is C15H24N4O5S. The minimum absolute atomic E-state index is 0.0708. The van der Waals surface area contributed by atoms with Crippen LogP contribution in [0.25, 0.3) is 0 Å². The van der Waals surface area contributed by atoms with E-state index in [1.807, 2.05) is 0 Å². The minimum atomic E-state index is -3.89. The van der Waals surface area contributed by atoms with Crippen molar-refractivity contribution in [2.24, 2.45) is 13.0 Å². The summed E-state index contributed by atoms with van der Waals surface area (Å²) in [6, 6.07) is -1.23. The molecule has 10 heteroatoms. The number of carbonyl (C=O) groups is 2. The molecule has 140 valence electrons. The second-order valence-electron chi connectivity index (χ2n) is 6.52. The highest BCUT2D eigenvalue weighted by molar-refractivity contribution is 7.89. The molecule has 1 aromatic rings. The van der Waals surface area contributed by atoms with E-state index in [0.29, 0.717) is 30.7 Å². The van der Waals surface area contributed by atoms with Crippen LogP contribution in [0.15, 0.2) is 4.90 Å². The molecule has 1 unspecified atom stereocenters. The molecule has 3 N–H and O–H groups in total. The summed E-state index contributed by atoms with van der Waals surface area (Å²) in [6.07, 6.45) is 1.44. The van der Waals surface area contributed by atoms with Crippen molar-refractivity contribution in [2.75, 3.05) is 0 Å². The van der Waals surface area contributed by atoms with Gasteiger partial charge < -0.3 is 10.4 Å². The summed E-state index contributed by atoms with van der Waals surface area (Å²) in [7, 11) is -2.24. The number of aryl methyl sites for hydroxylation is 2. The van der Waals surface area contributed by atoms with Crippen LogP contribution in [0, 0.1) is 19.8 Å². The normalized spacial score (nSPS) is 21.9. The number of carbonyl (C=O) groups excluding carboxylic acids is 1. The Morgan fingerprint density at radius 3 is 2.44 bits per heavy atom. The van der Waals surface area contributed by atoms with Crippen molar-refractivity contribution in [3.63, 3.8) is 0 Å². The lowest BCUT2D eigenvalue weighted by molar-refractivity contribution is -0.141. The van der Waals surface area contributed by atoms with Crippen LogP contribution < -0.4 is 10.0 Å². The van der Waals surface area contributed by atoms with E-state index in [1.54, 1.807) is 20.9 Å². The van der Waals surface area contributed by atoms with E-state index in [9.17, 15) is 18.0 Å². The van der Waals surface area contributed by atoms with E-state index in [4.69, 9.17) is 5.11 Å². The maximum absolute atomic E-state index is 12.6. The fraction of sp³-hybridized carbons (Fsp3) is 0.667. The first kappa shape index (κ1) is 19.4. The van der Waals surface area contributed by atoms with Gasteiger partial charge in [-0.15, -0.1) is 0 Å². The predicted molar refractivity (Wildman–Crippen MR) is 89.4 cm³/mol. The Hall–Kier alpha value is -1.94. The Morgan fingerprint density at radius 2 is 1.96 bits per heavy atom. The molecule has 0 aromatic carbocycles. The van der Waals surface area contributed by atoms with Crippen molar-refractivity contribution in [1.29, 1.82) is 0 Å². The Labute approximate surface area is 146 Å². The molecule has 1 aromatic heterocycles. The van der Waals surface area contributed by atoms with Crippen LogP contribution in [-0.4, -0.2) is 47.3 Å². The fourth-order valence-corrected chi connectivity index (χ4v) is 4.79. The summed E-state index contributed by atoms with van der Waals surface area (Å²) in [6.45, 7) is 4.69. The SMILES string of the molecule is Cc1nn(C)c(C)c1S(=O)(=O)NC(C)C(=O)N[C@H]1CC[C@@H](C(=O)O)C1. The number of rotatable bonds is 6. The van der Waals surface area contributed by atoms with Gasteiger partial charge in [-0.25, -0.2) is 8.42 Å². The maximum atomic E-state index is 12.6. The van der Waals surface area contributed by atoms with Crippen molar-refractivity contribution in [2.45, 2.75) is 57.0 Å². The topological polar surface area (TPSA) is 130 Å². The average Bonchev–Trinajstić information content (AvgIpc) is 3.04. The monoisotopic (exact) mass is 372 g/mol. The Kier molecular flexibility index (Phi) is 5.52. The summed E-state index contributed by atoms with van der Waals surface area (Å²) >= 11 is 0. The summed E-state index contributed by atoms with van der Waals surface area (Å²) in [5.41, 5.74) is 0.845. The van der Waals surface area contributed by atoms with Crippen LogP contribution in [0.3, 0.4) is 0 Å². The first-order valence-corrected chi connectivity index (χ1v) is 9.57. The van der Waals surface area contributed by atoms with Gasteiger partial charge in [-0.05, 0) is 40.0 Å². The van der Waals surface area contributed by atoms with Crippen LogP contribution in [0.1, 0.15) is 37.6 Å². The largest absolute Gasteiger partial charge is 0.481 e. The smallest absolute Gasteiger partial charge is 0.306 e. The van der Waals surface area contributed by atoms with Gasteiger partial charge in [0.15, 0.2) is 0 Å². The van der Waals surface area contributed by atoms with Gasteiger partial charge in [0.2, 0.25) is 15.9 Å². The Morgan fingerprint density at radius 1 is 1.32 bits per heavy atom. The number of hydrogen-bond acceptors (Lipinski definition) is 5. The van der Waals surface area contributed by atoms with Gasteiger partial charge in [0, 0.05) is 13.1 Å². The lowest BCUT2D eigenvalue weighted by Gasteiger charge is -2.18. The van der Waals surface area contributed by atoms with Crippen molar-refractivity contribution < 1.29 is 23.1 Å². The van der Waals surface area contributed by atoms with E-state index >= 15 is 0 Å². The van der Waals surface area contributed by atoms with Crippen LogP contribution in [-0.2, 0) is 26.7 Å². The molecule has 0 aliphatic heterocycles. The Bertz CT molecular complexity index is 786. The highest BCUT2D eigenvalue weighted by Gasteiger charge is 2.33. The van der Waals surface area contributed by atoms with E-state index < -0.39 is 33.9 Å². The number of nitrogens with one attached hydrogen (secondary N) is 2. The highest BCUT2D eigenvalue weighted by atomic mass is 32.2. The van der Waals surface area contributed by atoms with E-state index in [0.717, 1.165) is 0 Å². The molecule has 1 aliphatic carbocycles. The van der Waals surface area contributed by atoms with Crippen molar-refractivity contribution in [3.8, 4) is 0 Å². The third-order valence-electron chi connectivity index (χ3n) is 4.56. The minimum Gasteiger partial charge on any atom is -0.481 e. The van der Waals surface area contributed by atoms with Gasteiger partial charge in [0.1, 0.15) is 4.90 Å².